The van der Waals surface area contributed by atoms with Crippen LogP contribution in [0.25, 0.3) is 0 Å². The summed E-state index contributed by atoms with van der Waals surface area (Å²) in [4.78, 5) is 15.5. The molecule has 2 heterocycles. The Morgan fingerprint density at radius 3 is 2.89 bits per heavy atom. The van der Waals surface area contributed by atoms with Crippen molar-refractivity contribution >= 4 is 17.4 Å². The molecule has 0 saturated heterocycles. The van der Waals surface area contributed by atoms with Gasteiger partial charge in [-0.3, -0.25) is 0 Å². The van der Waals surface area contributed by atoms with E-state index in [9.17, 15) is 0 Å². The Bertz CT molecular complexity index is 483. The van der Waals surface area contributed by atoms with Crippen molar-refractivity contribution in [1.29, 1.82) is 0 Å². The Morgan fingerprint density at radius 1 is 1.28 bits per heavy atom. The Kier molecular flexibility index (Phi) is 4.52. The summed E-state index contributed by atoms with van der Waals surface area (Å²) < 4.78 is 0. The topological polar surface area (TPSA) is 66.5 Å². The standard InChI is InChI=1S/C12H16ClN5/c1-2-3-9-11(13)17-8-18-12(9)16-5-4-10-14-6-7-15-10/h6-8H,2-5H2,1H3,(H,14,15)(H,16,17,18). The van der Waals surface area contributed by atoms with Crippen LogP contribution in [0.15, 0.2) is 18.7 Å². The smallest absolute Gasteiger partial charge is 0.137 e. The summed E-state index contributed by atoms with van der Waals surface area (Å²) in [5.41, 5.74) is 0.987. The molecule has 0 radical (unpaired) electrons. The number of halogens is 1. The maximum Gasteiger partial charge on any atom is 0.137 e. The average molecular weight is 266 g/mol. The van der Waals surface area contributed by atoms with Crippen LogP contribution >= 0.6 is 11.6 Å². The zero-order chi connectivity index (χ0) is 12.8. The molecule has 0 bridgehead atoms. The number of aromatic amines is 1. The van der Waals surface area contributed by atoms with Crippen LogP contribution in [-0.2, 0) is 12.8 Å². The molecule has 2 N–H and O–H groups in total. The molecule has 5 nitrogen and oxygen atoms in total. The molecule has 0 fully saturated rings. The van der Waals surface area contributed by atoms with Crippen LogP contribution in [0.3, 0.4) is 0 Å². The monoisotopic (exact) mass is 265 g/mol. The quantitative estimate of drug-likeness (QED) is 0.788. The maximum atomic E-state index is 6.08. The number of aromatic nitrogens is 4. The third-order valence-electron chi connectivity index (χ3n) is 2.60. The van der Waals surface area contributed by atoms with Crippen molar-refractivity contribution in [3.8, 4) is 0 Å². The molecule has 0 unspecified atom stereocenters. The minimum Gasteiger partial charge on any atom is -0.369 e. The highest BCUT2D eigenvalue weighted by atomic mass is 35.5. The molecule has 96 valence electrons. The molecule has 0 aliphatic heterocycles. The molecule has 2 aromatic rings. The van der Waals surface area contributed by atoms with Gasteiger partial charge in [-0.25, -0.2) is 15.0 Å². The molecule has 0 aromatic carbocycles. The van der Waals surface area contributed by atoms with Gasteiger partial charge in [0.2, 0.25) is 0 Å². The van der Waals surface area contributed by atoms with Crippen LogP contribution in [0.4, 0.5) is 5.82 Å². The summed E-state index contributed by atoms with van der Waals surface area (Å²) in [6.07, 6.45) is 7.76. The van der Waals surface area contributed by atoms with Crippen molar-refractivity contribution < 1.29 is 0 Å². The molecular weight excluding hydrogens is 250 g/mol. The fourth-order valence-electron chi connectivity index (χ4n) is 1.75. The Hall–Kier alpha value is -1.62. The molecule has 0 aliphatic carbocycles. The van der Waals surface area contributed by atoms with Crippen molar-refractivity contribution in [2.45, 2.75) is 26.2 Å². The van der Waals surface area contributed by atoms with E-state index in [0.717, 1.165) is 43.0 Å². The van der Waals surface area contributed by atoms with Crippen LogP contribution < -0.4 is 5.32 Å². The van der Waals surface area contributed by atoms with E-state index in [4.69, 9.17) is 11.6 Å². The summed E-state index contributed by atoms with van der Waals surface area (Å²) in [6, 6.07) is 0. The lowest BCUT2D eigenvalue weighted by Crippen LogP contribution is -2.10. The highest BCUT2D eigenvalue weighted by Crippen LogP contribution is 2.21. The van der Waals surface area contributed by atoms with Gasteiger partial charge in [0.1, 0.15) is 23.1 Å². The minimum absolute atomic E-state index is 0.535. The van der Waals surface area contributed by atoms with E-state index >= 15 is 0 Å². The van der Waals surface area contributed by atoms with Crippen molar-refractivity contribution in [3.63, 3.8) is 0 Å². The van der Waals surface area contributed by atoms with Gasteiger partial charge in [-0.05, 0) is 6.42 Å². The first-order valence-electron chi connectivity index (χ1n) is 6.02. The van der Waals surface area contributed by atoms with Crippen molar-refractivity contribution in [3.05, 3.63) is 35.3 Å². The van der Waals surface area contributed by atoms with Crippen LogP contribution in [0.1, 0.15) is 24.7 Å². The van der Waals surface area contributed by atoms with Gasteiger partial charge in [0.15, 0.2) is 0 Å². The van der Waals surface area contributed by atoms with Gasteiger partial charge in [-0.15, -0.1) is 0 Å². The molecule has 2 rings (SSSR count). The second kappa shape index (κ2) is 6.35. The first-order valence-corrected chi connectivity index (χ1v) is 6.40. The summed E-state index contributed by atoms with van der Waals surface area (Å²) in [7, 11) is 0. The number of nitrogens with one attached hydrogen (secondary N) is 2. The van der Waals surface area contributed by atoms with Crippen molar-refractivity contribution in [2.75, 3.05) is 11.9 Å². The molecule has 2 aromatic heterocycles. The van der Waals surface area contributed by atoms with Crippen molar-refractivity contribution in [2.24, 2.45) is 0 Å². The lowest BCUT2D eigenvalue weighted by Gasteiger charge is -2.10. The molecule has 0 amide bonds. The third kappa shape index (κ3) is 3.20. The molecule has 0 aliphatic rings. The third-order valence-corrected chi connectivity index (χ3v) is 2.93. The second-order valence-corrected chi connectivity index (χ2v) is 4.31. The molecule has 18 heavy (non-hydrogen) atoms. The summed E-state index contributed by atoms with van der Waals surface area (Å²) >= 11 is 6.08. The highest BCUT2D eigenvalue weighted by molar-refractivity contribution is 6.30. The predicted octanol–water partition coefficient (Wildman–Crippen LogP) is 2.46. The van der Waals surface area contributed by atoms with Crippen LogP contribution in [0, 0.1) is 0 Å². The van der Waals surface area contributed by atoms with Gasteiger partial charge < -0.3 is 10.3 Å². The Balaban J connectivity index is 1.98. The number of rotatable bonds is 6. The van der Waals surface area contributed by atoms with Gasteiger partial charge in [0.25, 0.3) is 0 Å². The zero-order valence-electron chi connectivity index (χ0n) is 10.3. The van der Waals surface area contributed by atoms with Crippen LogP contribution in [0.5, 0.6) is 0 Å². The largest absolute Gasteiger partial charge is 0.369 e. The van der Waals surface area contributed by atoms with Gasteiger partial charge >= 0.3 is 0 Å². The average Bonchev–Trinajstić information content (AvgIpc) is 2.86. The summed E-state index contributed by atoms with van der Waals surface area (Å²) in [6.45, 7) is 2.87. The molecular formula is C12H16ClN5. The number of H-pyrrole nitrogens is 1. The maximum absolute atomic E-state index is 6.08. The molecule has 0 atom stereocenters. The Morgan fingerprint density at radius 2 is 2.17 bits per heavy atom. The van der Waals surface area contributed by atoms with E-state index < -0.39 is 0 Å². The first-order chi connectivity index (χ1) is 8.81. The summed E-state index contributed by atoms with van der Waals surface area (Å²) in [5, 5.41) is 3.82. The lowest BCUT2D eigenvalue weighted by molar-refractivity contribution is 0.882. The zero-order valence-corrected chi connectivity index (χ0v) is 11.0. The van der Waals surface area contributed by atoms with Gasteiger partial charge in [0, 0.05) is 30.9 Å². The normalized spacial score (nSPS) is 10.6. The first kappa shape index (κ1) is 12.8. The molecule has 0 saturated carbocycles. The number of hydrogen-bond acceptors (Lipinski definition) is 4. The van der Waals surface area contributed by atoms with Crippen LogP contribution in [-0.4, -0.2) is 26.5 Å². The minimum atomic E-state index is 0.535. The van der Waals surface area contributed by atoms with Gasteiger partial charge in [-0.2, -0.15) is 0 Å². The van der Waals surface area contributed by atoms with Gasteiger partial charge in [-0.1, -0.05) is 24.9 Å². The summed E-state index contributed by atoms with van der Waals surface area (Å²) in [5.74, 6) is 1.78. The lowest BCUT2D eigenvalue weighted by atomic mass is 10.2. The SMILES string of the molecule is CCCc1c(Cl)ncnc1NCCc1ncc[nH]1. The number of imidazole rings is 1. The number of nitrogens with zero attached hydrogens (tertiary/aromatic N) is 3. The van der Waals surface area contributed by atoms with E-state index in [2.05, 4.69) is 32.2 Å². The number of anilines is 1. The second-order valence-electron chi connectivity index (χ2n) is 3.95. The fraction of sp³-hybridized carbons (Fsp3) is 0.417. The fourth-order valence-corrected chi connectivity index (χ4v) is 1.98. The molecule has 0 spiro atoms. The van der Waals surface area contributed by atoms with Gasteiger partial charge in [0.05, 0.1) is 0 Å². The Labute approximate surface area is 111 Å². The van der Waals surface area contributed by atoms with Crippen molar-refractivity contribution in [1.82, 2.24) is 19.9 Å². The van der Waals surface area contributed by atoms with E-state index in [1.165, 1.54) is 6.33 Å². The van der Waals surface area contributed by atoms with Crippen LogP contribution in [0.2, 0.25) is 5.15 Å². The predicted molar refractivity (Wildman–Crippen MR) is 71.8 cm³/mol. The van der Waals surface area contributed by atoms with E-state index in [0.29, 0.717) is 5.15 Å². The van der Waals surface area contributed by atoms with E-state index in [1.807, 2.05) is 6.20 Å². The van der Waals surface area contributed by atoms with E-state index in [-0.39, 0.29) is 0 Å². The highest BCUT2D eigenvalue weighted by Gasteiger charge is 2.08. The molecule has 6 heteroatoms. The van der Waals surface area contributed by atoms with E-state index in [1.54, 1.807) is 6.20 Å². The number of hydrogen-bond donors (Lipinski definition) is 2.